The minimum absolute atomic E-state index is 0.575. The van der Waals surface area contributed by atoms with Gasteiger partial charge in [-0.15, -0.1) is 0 Å². The van der Waals surface area contributed by atoms with Gasteiger partial charge in [-0.2, -0.15) is 0 Å². The molecule has 0 radical (unpaired) electrons. The first-order valence-electron chi connectivity index (χ1n) is 10.7. The van der Waals surface area contributed by atoms with Crippen molar-refractivity contribution in [1.82, 2.24) is 0 Å². The fourth-order valence-corrected chi connectivity index (χ4v) is 5.17. The third-order valence-corrected chi connectivity index (χ3v) is 7.47. The van der Waals surface area contributed by atoms with Crippen LogP contribution in [-0.4, -0.2) is 13.2 Å². The van der Waals surface area contributed by atoms with E-state index in [1.165, 1.54) is 11.1 Å². The maximum Gasteiger partial charge on any atom is 0.515 e. The van der Waals surface area contributed by atoms with Crippen LogP contribution in [0.1, 0.15) is 5.56 Å². The van der Waals surface area contributed by atoms with E-state index in [9.17, 15) is 39.1 Å². The summed E-state index contributed by atoms with van der Waals surface area (Å²) in [6.07, 6.45) is 1.84. The Bertz CT molecular complexity index is 1380. The zero-order chi connectivity index (χ0) is 27.4. The monoisotopic (exact) mass is 542 g/mol. The van der Waals surface area contributed by atoms with Crippen LogP contribution in [-0.2, 0) is 19.9 Å². The topological polar surface area (TPSA) is 17.1 Å². The van der Waals surface area contributed by atoms with Crippen molar-refractivity contribution in [3.63, 3.8) is 0 Å². The van der Waals surface area contributed by atoms with Crippen LogP contribution in [0.3, 0.4) is 0 Å². The van der Waals surface area contributed by atoms with Gasteiger partial charge in [0.2, 0.25) is 0 Å². The van der Waals surface area contributed by atoms with Crippen LogP contribution in [0, 0.1) is 29.1 Å². The molecule has 1 atom stereocenters. The molecule has 1 unspecified atom stereocenters. The van der Waals surface area contributed by atoms with E-state index in [0.717, 1.165) is 10.5 Å². The molecule has 0 aromatic heterocycles. The van der Waals surface area contributed by atoms with E-state index in [-0.39, 0.29) is 0 Å². The Kier molecular flexibility index (Phi) is 8.58. The zero-order valence-electron chi connectivity index (χ0n) is 19.2. The van der Waals surface area contributed by atoms with E-state index in [0.29, 0.717) is 5.75 Å². The summed E-state index contributed by atoms with van der Waals surface area (Å²) >= 11 is 0. The van der Waals surface area contributed by atoms with Crippen molar-refractivity contribution in [2.75, 3.05) is 6.26 Å². The molecule has 0 spiro atoms. The molecule has 4 aromatic rings. The molecule has 0 saturated carbocycles. The van der Waals surface area contributed by atoms with Gasteiger partial charge < -0.3 is 12.9 Å². The lowest BCUT2D eigenvalue weighted by Gasteiger charge is -2.17. The number of hydrogen-bond acceptors (Lipinski definition) is 1. The molecule has 4 rings (SSSR count). The first-order valence-corrected chi connectivity index (χ1v) is 12.8. The Balaban J connectivity index is 0.000000222. The second-order valence-electron chi connectivity index (χ2n) is 8.08. The summed E-state index contributed by atoms with van der Waals surface area (Å²) in [6.45, 7) is -6.30. The number of hydrogen-bond donors (Lipinski definition) is 0. The average Bonchev–Trinajstić information content (AvgIpc) is 2.87. The van der Waals surface area contributed by atoms with E-state index in [1.807, 2.05) is 54.8 Å². The highest BCUT2D eigenvalue weighted by molar-refractivity contribution is 8.01. The summed E-state index contributed by atoms with van der Waals surface area (Å²) in [5, 5.41) is 0. The quantitative estimate of drug-likeness (QED) is 0.0841. The summed E-state index contributed by atoms with van der Waals surface area (Å²) < 4.78 is 111. The lowest BCUT2D eigenvalue weighted by Crippen LogP contribution is -2.41. The van der Waals surface area contributed by atoms with Gasteiger partial charge in [-0.1, -0.05) is 77.0 Å². The van der Waals surface area contributed by atoms with Crippen LogP contribution < -0.4 is 5.46 Å². The summed E-state index contributed by atoms with van der Waals surface area (Å²) in [5.41, 5.74) is 0.767. The lowest BCUT2D eigenvalue weighted by molar-refractivity contribution is 0.377. The van der Waals surface area contributed by atoms with Gasteiger partial charge in [0.15, 0.2) is 22.3 Å². The van der Waals surface area contributed by atoms with Crippen LogP contribution in [0.15, 0.2) is 89.8 Å². The molecule has 0 saturated heterocycles. The van der Waals surface area contributed by atoms with E-state index in [4.69, 9.17) is 0 Å². The van der Waals surface area contributed by atoms with Gasteiger partial charge in [0, 0.05) is 5.56 Å². The Morgan fingerprint density at radius 2 is 1.00 bits per heavy atom. The van der Waals surface area contributed by atoms with Crippen molar-refractivity contribution < 1.29 is 39.1 Å². The SMILES string of the molecule is C[S+](=O)(Cc1ccc(-c2ccccc2)cc1)c1ccccc1.Fc1c(F)c(F)c([B-](F)(F)F)c(F)c1F. The molecule has 194 valence electrons. The van der Waals surface area contributed by atoms with Crippen LogP contribution in [0.2, 0.25) is 0 Å². The fraction of sp³-hybridized carbons (Fsp3) is 0.0769. The van der Waals surface area contributed by atoms with E-state index in [1.54, 1.807) is 0 Å². The molecule has 11 heteroatoms. The molecule has 0 N–H and O–H groups in total. The maximum absolute atomic E-state index is 12.9. The van der Waals surface area contributed by atoms with Gasteiger partial charge in [-0.05, 0) is 28.7 Å². The standard InChI is InChI=1S/C20H19OS.C6BF8/c1-22(21,20-10-6-3-7-11-20)16-17-12-14-19(15-13-17)18-8-4-2-5-9-18;8-2-1(7(13,14)15)3(9)5(11)6(12)4(2)10/h2-15H,16H2,1H3;/q+1;-1. The molecule has 0 heterocycles. The first kappa shape index (κ1) is 28.1. The molecule has 0 aliphatic rings. The Labute approximate surface area is 209 Å². The van der Waals surface area contributed by atoms with E-state index in [2.05, 4.69) is 36.4 Å². The van der Waals surface area contributed by atoms with Crippen LogP contribution in [0.4, 0.5) is 34.9 Å². The Morgan fingerprint density at radius 1 is 0.595 bits per heavy atom. The lowest BCUT2D eigenvalue weighted by atomic mass is 9.79. The van der Waals surface area contributed by atoms with Gasteiger partial charge in [-0.25, -0.2) is 22.0 Å². The molecule has 0 fully saturated rings. The highest BCUT2D eigenvalue weighted by atomic mass is 32.2. The third-order valence-electron chi connectivity index (χ3n) is 5.32. The summed E-state index contributed by atoms with van der Waals surface area (Å²) in [7, 11) is -2.04. The third kappa shape index (κ3) is 6.65. The van der Waals surface area contributed by atoms with Crippen molar-refractivity contribution in [2.24, 2.45) is 0 Å². The molecule has 1 nitrogen and oxygen atoms in total. The predicted molar refractivity (Wildman–Crippen MR) is 129 cm³/mol. The van der Waals surface area contributed by atoms with Crippen molar-refractivity contribution in [2.45, 2.75) is 10.6 Å². The van der Waals surface area contributed by atoms with Crippen molar-refractivity contribution in [3.05, 3.63) is 120 Å². The molecule has 0 bridgehead atoms. The van der Waals surface area contributed by atoms with E-state index < -0.39 is 51.5 Å². The van der Waals surface area contributed by atoms with Crippen LogP contribution >= 0.6 is 0 Å². The molecular formula is C26H19BF8OS. The Morgan fingerprint density at radius 3 is 1.46 bits per heavy atom. The molecule has 37 heavy (non-hydrogen) atoms. The maximum atomic E-state index is 12.9. The minimum atomic E-state index is -6.30. The highest BCUT2D eigenvalue weighted by Gasteiger charge is 2.37. The van der Waals surface area contributed by atoms with Crippen LogP contribution in [0.5, 0.6) is 0 Å². The first-order chi connectivity index (χ1) is 17.3. The molecule has 0 aliphatic heterocycles. The smallest absolute Gasteiger partial charge is 0.445 e. The normalized spacial score (nSPS) is 12.9. The van der Waals surface area contributed by atoms with Gasteiger partial charge in [0.25, 0.3) is 0 Å². The van der Waals surface area contributed by atoms with E-state index >= 15 is 0 Å². The molecule has 4 aromatic carbocycles. The largest absolute Gasteiger partial charge is 0.515 e. The average molecular weight is 542 g/mol. The Hall–Kier alpha value is -3.47. The minimum Gasteiger partial charge on any atom is -0.445 e. The van der Waals surface area contributed by atoms with Crippen molar-refractivity contribution >= 4 is 22.4 Å². The molecular weight excluding hydrogens is 523 g/mol. The summed E-state index contributed by atoms with van der Waals surface area (Å²) in [6, 6.07) is 28.4. The summed E-state index contributed by atoms with van der Waals surface area (Å²) in [4.78, 5) is 0.919. The van der Waals surface area contributed by atoms with Crippen molar-refractivity contribution in [3.8, 4) is 11.1 Å². The second-order valence-corrected chi connectivity index (χ2v) is 10.9. The molecule has 0 amide bonds. The number of benzene rings is 4. The van der Waals surface area contributed by atoms with Crippen LogP contribution in [0.25, 0.3) is 11.1 Å². The summed E-state index contributed by atoms with van der Waals surface area (Å²) in [5.74, 6) is -13.0. The predicted octanol–water partition coefficient (Wildman–Crippen LogP) is 7.48. The van der Waals surface area contributed by atoms with Gasteiger partial charge >= 0.3 is 6.98 Å². The molecule has 0 aliphatic carbocycles. The second kappa shape index (κ2) is 11.3. The zero-order valence-corrected chi connectivity index (χ0v) is 20.0. The van der Waals surface area contributed by atoms with Crippen molar-refractivity contribution in [1.29, 1.82) is 0 Å². The highest BCUT2D eigenvalue weighted by Crippen LogP contribution is 2.25. The number of rotatable bonds is 5. The fourth-order valence-electron chi connectivity index (χ4n) is 3.44. The van der Waals surface area contributed by atoms with Gasteiger partial charge in [-0.3, -0.25) is 0 Å². The number of halogens is 8. The van der Waals surface area contributed by atoms with Gasteiger partial charge in [0.05, 0.1) is 0 Å². The van der Waals surface area contributed by atoms with Gasteiger partial charge in [0.1, 0.15) is 33.6 Å².